The van der Waals surface area contributed by atoms with E-state index in [1.165, 1.54) is 0 Å². The van der Waals surface area contributed by atoms with Crippen LogP contribution >= 0.6 is 0 Å². The van der Waals surface area contributed by atoms with Gasteiger partial charge in [-0.1, -0.05) is 18.2 Å². The topological polar surface area (TPSA) is 104 Å². The number of carbonyl (C=O) groups is 1. The SMILES string of the molecule is Cn1ccnc1C(O)C1CCN(C(=O)c2n[nH]c(=O)c3ccccc23)CC1. The van der Waals surface area contributed by atoms with Crippen molar-refractivity contribution in [3.8, 4) is 0 Å². The highest BCUT2D eigenvalue weighted by atomic mass is 16.3. The van der Waals surface area contributed by atoms with E-state index in [4.69, 9.17) is 0 Å². The van der Waals surface area contributed by atoms with Gasteiger partial charge in [-0.25, -0.2) is 10.1 Å². The summed E-state index contributed by atoms with van der Waals surface area (Å²) in [4.78, 5) is 30.8. The van der Waals surface area contributed by atoms with E-state index in [0.717, 1.165) is 0 Å². The van der Waals surface area contributed by atoms with Gasteiger partial charge in [0.1, 0.15) is 11.9 Å². The number of H-pyrrole nitrogens is 1. The Balaban J connectivity index is 1.50. The maximum atomic E-state index is 12.9. The number of imidazole rings is 1. The normalized spacial score (nSPS) is 16.6. The fourth-order valence-corrected chi connectivity index (χ4v) is 3.72. The van der Waals surface area contributed by atoms with E-state index >= 15 is 0 Å². The second-order valence-corrected chi connectivity index (χ2v) is 6.92. The number of aliphatic hydroxyl groups is 1. The molecule has 0 spiro atoms. The summed E-state index contributed by atoms with van der Waals surface area (Å²) in [5.41, 5.74) is -0.0488. The van der Waals surface area contributed by atoms with Crippen LogP contribution in [0.4, 0.5) is 0 Å². The van der Waals surface area contributed by atoms with Crippen molar-refractivity contribution in [1.29, 1.82) is 0 Å². The number of carbonyl (C=O) groups excluding carboxylic acids is 1. The van der Waals surface area contributed by atoms with Gasteiger partial charge in [0.2, 0.25) is 0 Å². The first-order valence-electron chi connectivity index (χ1n) is 8.98. The first kappa shape index (κ1) is 17.4. The summed E-state index contributed by atoms with van der Waals surface area (Å²) in [5, 5.41) is 18.0. The van der Waals surface area contributed by atoms with Crippen molar-refractivity contribution in [2.45, 2.75) is 18.9 Å². The average molecular weight is 367 g/mol. The summed E-state index contributed by atoms with van der Waals surface area (Å²) in [7, 11) is 1.86. The number of hydrogen-bond donors (Lipinski definition) is 2. The molecule has 2 aromatic heterocycles. The molecule has 4 rings (SSSR count). The van der Waals surface area contributed by atoms with Gasteiger partial charge in [-0.2, -0.15) is 5.10 Å². The molecule has 8 heteroatoms. The van der Waals surface area contributed by atoms with Gasteiger partial charge in [0.15, 0.2) is 5.69 Å². The Morgan fingerprint density at radius 3 is 2.63 bits per heavy atom. The summed E-state index contributed by atoms with van der Waals surface area (Å²) in [6.07, 6.45) is 4.20. The van der Waals surface area contributed by atoms with Crippen LogP contribution in [0.2, 0.25) is 0 Å². The highest BCUT2D eigenvalue weighted by molar-refractivity contribution is 6.04. The average Bonchev–Trinajstić information content (AvgIpc) is 3.13. The molecule has 3 heterocycles. The number of aliphatic hydroxyl groups excluding tert-OH is 1. The van der Waals surface area contributed by atoms with Crippen molar-refractivity contribution in [3.63, 3.8) is 0 Å². The van der Waals surface area contributed by atoms with Gasteiger partial charge in [-0.05, 0) is 24.8 Å². The molecule has 1 fully saturated rings. The minimum absolute atomic E-state index is 0.0513. The lowest BCUT2D eigenvalue weighted by Crippen LogP contribution is -2.40. The molecule has 1 amide bonds. The Morgan fingerprint density at radius 1 is 1.26 bits per heavy atom. The molecule has 0 aliphatic carbocycles. The molecular weight excluding hydrogens is 346 g/mol. The van der Waals surface area contributed by atoms with Gasteiger partial charge in [0.05, 0.1) is 5.39 Å². The van der Waals surface area contributed by atoms with E-state index in [9.17, 15) is 14.7 Å². The number of nitrogens with zero attached hydrogens (tertiary/aromatic N) is 4. The molecule has 27 heavy (non-hydrogen) atoms. The molecule has 140 valence electrons. The number of aromatic amines is 1. The lowest BCUT2D eigenvalue weighted by atomic mass is 9.90. The van der Waals surface area contributed by atoms with Crippen LogP contribution in [0.25, 0.3) is 10.8 Å². The number of hydrogen-bond acceptors (Lipinski definition) is 5. The fraction of sp³-hybridized carbons (Fsp3) is 0.368. The maximum Gasteiger partial charge on any atom is 0.274 e. The Kier molecular flexibility index (Phi) is 4.49. The summed E-state index contributed by atoms with van der Waals surface area (Å²) in [6.45, 7) is 1.06. The maximum absolute atomic E-state index is 12.9. The van der Waals surface area contributed by atoms with Gasteiger partial charge in [0, 0.05) is 37.9 Å². The molecule has 0 saturated carbocycles. The van der Waals surface area contributed by atoms with Crippen LogP contribution in [-0.4, -0.2) is 48.8 Å². The van der Waals surface area contributed by atoms with Crippen molar-refractivity contribution in [3.05, 3.63) is 58.5 Å². The highest BCUT2D eigenvalue weighted by Gasteiger charge is 2.31. The smallest absolute Gasteiger partial charge is 0.274 e. The standard InChI is InChI=1S/C19H21N5O3/c1-23-11-8-20-17(23)16(25)12-6-9-24(10-7-12)19(27)15-13-4-2-3-5-14(13)18(26)22-21-15/h2-5,8,11-12,16,25H,6-7,9-10H2,1H3,(H,22,26). The number of benzene rings is 1. The molecule has 3 aromatic rings. The summed E-state index contributed by atoms with van der Waals surface area (Å²) in [6, 6.07) is 6.97. The minimum Gasteiger partial charge on any atom is -0.385 e. The number of amides is 1. The molecule has 8 nitrogen and oxygen atoms in total. The number of piperidine rings is 1. The third-order valence-electron chi connectivity index (χ3n) is 5.29. The molecule has 1 aromatic carbocycles. The highest BCUT2D eigenvalue weighted by Crippen LogP contribution is 2.30. The summed E-state index contributed by atoms with van der Waals surface area (Å²) < 4.78 is 1.82. The van der Waals surface area contributed by atoms with E-state index in [2.05, 4.69) is 15.2 Å². The van der Waals surface area contributed by atoms with Gasteiger partial charge >= 0.3 is 0 Å². The molecule has 1 atom stereocenters. The van der Waals surface area contributed by atoms with Crippen LogP contribution in [0.1, 0.15) is 35.3 Å². The van der Waals surface area contributed by atoms with Crippen LogP contribution in [0, 0.1) is 5.92 Å². The Hall–Kier alpha value is -3.00. The van der Waals surface area contributed by atoms with Gasteiger partial charge in [-0.3, -0.25) is 9.59 Å². The quantitative estimate of drug-likeness (QED) is 0.725. The number of rotatable bonds is 3. The van der Waals surface area contributed by atoms with Crippen LogP contribution < -0.4 is 5.56 Å². The largest absolute Gasteiger partial charge is 0.385 e. The zero-order valence-corrected chi connectivity index (χ0v) is 15.0. The Labute approximate surface area is 155 Å². The van der Waals surface area contributed by atoms with Gasteiger partial charge < -0.3 is 14.6 Å². The zero-order chi connectivity index (χ0) is 19.0. The van der Waals surface area contributed by atoms with Gasteiger partial charge in [-0.15, -0.1) is 0 Å². The molecule has 2 N–H and O–H groups in total. The number of nitrogens with one attached hydrogen (secondary N) is 1. The lowest BCUT2D eigenvalue weighted by molar-refractivity contribution is 0.0417. The summed E-state index contributed by atoms with van der Waals surface area (Å²) >= 11 is 0. The molecule has 0 bridgehead atoms. The zero-order valence-electron chi connectivity index (χ0n) is 15.0. The third-order valence-corrected chi connectivity index (χ3v) is 5.29. The molecule has 1 aliphatic heterocycles. The minimum atomic E-state index is -0.644. The second-order valence-electron chi connectivity index (χ2n) is 6.92. The predicted molar refractivity (Wildman–Crippen MR) is 99.2 cm³/mol. The van der Waals surface area contributed by atoms with Gasteiger partial charge in [0.25, 0.3) is 11.5 Å². The first-order chi connectivity index (χ1) is 13.1. The molecule has 1 saturated heterocycles. The lowest BCUT2D eigenvalue weighted by Gasteiger charge is -2.33. The summed E-state index contributed by atoms with van der Waals surface area (Å²) in [5.74, 6) is 0.496. The number of aromatic nitrogens is 4. The van der Waals surface area contributed by atoms with Crippen molar-refractivity contribution < 1.29 is 9.90 Å². The number of aryl methyl sites for hydroxylation is 1. The van der Waals surface area contributed by atoms with Crippen molar-refractivity contribution in [2.24, 2.45) is 13.0 Å². The predicted octanol–water partition coefficient (Wildman–Crippen LogP) is 1.24. The van der Waals surface area contributed by atoms with Crippen LogP contribution in [0.5, 0.6) is 0 Å². The monoisotopic (exact) mass is 367 g/mol. The van der Waals surface area contributed by atoms with Crippen LogP contribution in [-0.2, 0) is 7.05 Å². The van der Waals surface area contributed by atoms with Crippen molar-refractivity contribution in [2.75, 3.05) is 13.1 Å². The van der Waals surface area contributed by atoms with E-state index in [0.29, 0.717) is 42.5 Å². The van der Waals surface area contributed by atoms with E-state index < -0.39 is 6.10 Å². The number of likely N-dealkylation sites (tertiary alicyclic amines) is 1. The van der Waals surface area contributed by atoms with E-state index in [-0.39, 0.29) is 23.1 Å². The second kappa shape index (κ2) is 6.96. The number of fused-ring (bicyclic) bond motifs is 1. The third kappa shape index (κ3) is 3.12. The fourth-order valence-electron chi connectivity index (χ4n) is 3.72. The van der Waals surface area contributed by atoms with Crippen molar-refractivity contribution >= 4 is 16.7 Å². The van der Waals surface area contributed by atoms with Crippen LogP contribution in [0.3, 0.4) is 0 Å². The molecule has 0 radical (unpaired) electrons. The molecular formula is C19H21N5O3. The molecule has 1 aliphatic rings. The van der Waals surface area contributed by atoms with E-state index in [1.54, 1.807) is 35.4 Å². The van der Waals surface area contributed by atoms with E-state index in [1.807, 2.05) is 17.8 Å². The Bertz CT molecular complexity index is 1030. The first-order valence-corrected chi connectivity index (χ1v) is 8.98. The Morgan fingerprint density at radius 2 is 1.96 bits per heavy atom. The van der Waals surface area contributed by atoms with Crippen molar-refractivity contribution in [1.82, 2.24) is 24.6 Å². The van der Waals surface area contributed by atoms with Crippen LogP contribution in [0.15, 0.2) is 41.5 Å². The molecule has 1 unspecified atom stereocenters.